The van der Waals surface area contributed by atoms with Crippen molar-refractivity contribution in [2.24, 2.45) is 22.7 Å². The summed E-state index contributed by atoms with van der Waals surface area (Å²) < 4.78 is 0. The second kappa shape index (κ2) is 3.39. The lowest BCUT2D eigenvalue weighted by molar-refractivity contribution is -0.0532. The van der Waals surface area contributed by atoms with E-state index in [-0.39, 0.29) is 10.8 Å². The Balaban J connectivity index is 2.07. The minimum absolute atomic E-state index is 0.0164. The summed E-state index contributed by atoms with van der Waals surface area (Å²) in [6.45, 7) is 8.97. The van der Waals surface area contributed by atoms with Gasteiger partial charge in [0.05, 0.1) is 5.60 Å². The number of hydrogen-bond donors (Lipinski definition) is 1. The van der Waals surface area contributed by atoms with Gasteiger partial charge in [-0.15, -0.1) is 0 Å². The van der Waals surface area contributed by atoms with Crippen LogP contribution in [0.15, 0.2) is 36.0 Å². The van der Waals surface area contributed by atoms with Gasteiger partial charge in [-0.3, -0.25) is 0 Å². The third-order valence-electron chi connectivity index (χ3n) is 6.39. The van der Waals surface area contributed by atoms with E-state index in [1.54, 1.807) is 0 Å². The van der Waals surface area contributed by atoms with Crippen molar-refractivity contribution in [2.45, 2.75) is 46.1 Å². The molecule has 18 heavy (non-hydrogen) atoms. The van der Waals surface area contributed by atoms with Crippen LogP contribution < -0.4 is 0 Å². The minimum atomic E-state index is -0.649. The third-order valence-corrected chi connectivity index (χ3v) is 6.39. The molecule has 2 saturated carbocycles. The summed E-state index contributed by atoms with van der Waals surface area (Å²) in [7, 11) is 0. The largest absolute Gasteiger partial charge is 0.385 e. The number of allylic oxidation sites excluding steroid dienone is 5. The van der Waals surface area contributed by atoms with Crippen LogP contribution in [0.5, 0.6) is 0 Å². The fourth-order valence-electron chi connectivity index (χ4n) is 4.62. The molecule has 3 unspecified atom stereocenters. The fourth-order valence-corrected chi connectivity index (χ4v) is 4.62. The maximum Gasteiger partial charge on any atom is 0.0890 e. The van der Waals surface area contributed by atoms with E-state index in [1.807, 2.05) is 6.92 Å². The first kappa shape index (κ1) is 12.2. The number of fused-ring (bicyclic) bond motifs is 2. The van der Waals surface area contributed by atoms with Crippen molar-refractivity contribution in [3.8, 4) is 0 Å². The molecule has 3 atom stereocenters. The summed E-state index contributed by atoms with van der Waals surface area (Å²) in [6, 6.07) is 0. The smallest absolute Gasteiger partial charge is 0.0890 e. The molecular formula is C17H24O. The van der Waals surface area contributed by atoms with Crippen LogP contribution in [0.1, 0.15) is 40.5 Å². The summed E-state index contributed by atoms with van der Waals surface area (Å²) in [5, 5.41) is 11.1. The molecule has 0 aromatic carbocycles. The summed E-state index contributed by atoms with van der Waals surface area (Å²) in [5.74, 6) is 0.921. The highest BCUT2D eigenvalue weighted by Gasteiger charge is 2.68. The van der Waals surface area contributed by atoms with Gasteiger partial charge in [-0.05, 0) is 36.7 Å². The van der Waals surface area contributed by atoms with Crippen LogP contribution in [-0.2, 0) is 0 Å². The molecule has 0 saturated heterocycles. The topological polar surface area (TPSA) is 20.2 Å². The molecule has 98 valence electrons. The van der Waals surface area contributed by atoms with E-state index in [0.29, 0.717) is 11.8 Å². The van der Waals surface area contributed by atoms with Crippen molar-refractivity contribution in [1.82, 2.24) is 0 Å². The predicted octanol–water partition coefficient (Wildman–Crippen LogP) is 3.86. The monoisotopic (exact) mass is 244 g/mol. The van der Waals surface area contributed by atoms with Gasteiger partial charge in [0, 0.05) is 11.3 Å². The first-order chi connectivity index (χ1) is 8.31. The van der Waals surface area contributed by atoms with Crippen LogP contribution in [-0.4, -0.2) is 10.7 Å². The first-order valence-corrected chi connectivity index (χ1v) is 7.10. The zero-order valence-corrected chi connectivity index (χ0v) is 11.9. The van der Waals surface area contributed by atoms with Gasteiger partial charge in [0.25, 0.3) is 0 Å². The Bertz CT molecular complexity index is 452. The van der Waals surface area contributed by atoms with Gasteiger partial charge in [0.2, 0.25) is 0 Å². The second-order valence-electron chi connectivity index (χ2n) is 7.19. The molecule has 1 N–H and O–H groups in total. The van der Waals surface area contributed by atoms with Crippen LogP contribution in [0.2, 0.25) is 0 Å². The molecule has 3 aliphatic carbocycles. The molecule has 0 aromatic rings. The molecule has 0 spiro atoms. The van der Waals surface area contributed by atoms with Crippen LogP contribution in [0.3, 0.4) is 0 Å². The van der Waals surface area contributed by atoms with Crippen molar-refractivity contribution in [3.05, 3.63) is 36.0 Å². The molecule has 3 aliphatic rings. The molecule has 1 nitrogen and oxygen atoms in total. The molecule has 0 aliphatic heterocycles. The Morgan fingerprint density at radius 1 is 1.17 bits per heavy atom. The van der Waals surface area contributed by atoms with E-state index in [9.17, 15) is 5.11 Å². The van der Waals surface area contributed by atoms with Crippen molar-refractivity contribution >= 4 is 0 Å². The predicted molar refractivity (Wildman–Crippen MR) is 75.1 cm³/mol. The maximum atomic E-state index is 11.1. The molecule has 2 bridgehead atoms. The van der Waals surface area contributed by atoms with Gasteiger partial charge in [0.1, 0.15) is 0 Å². The molecule has 3 rings (SSSR count). The van der Waals surface area contributed by atoms with E-state index in [4.69, 9.17) is 0 Å². The molecule has 0 heterocycles. The standard InChI is InChI=1S/C17H24O/c1-15(2)13-9-10-16(15,3)17(4,18)14(13)11-12-7-5-6-8-12/h5-8,11-13,18H,9-10H2,1-4H3/b14-11+. The molecule has 2 fully saturated rings. The van der Waals surface area contributed by atoms with Gasteiger partial charge >= 0.3 is 0 Å². The van der Waals surface area contributed by atoms with Gasteiger partial charge in [-0.2, -0.15) is 0 Å². The van der Waals surface area contributed by atoms with Crippen LogP contribution in [0.25, 0.3) is 0 Å². The normalized spacial score (nSPS) is 47.6. The number of aliphatic hydroxyl groups is 1. The average Bonchev–Trinajstić information content (AvgIpc) is 2.87. The Hall–Kier alpha value is -0.820. The Morgan fingerprint density at radius 3 is 2.28 bits per heavy atom. The highest BCUT2D eigenvalue weighted by molar-refractivity contribution is 5.40. The van der Waals surface area contributed by atoms with Crippen LogP contribution >= 0.6 is 0 Å². The van der Waals surface area contributed by atoms with Crippen molar-refractivity contribution in [2.75, 3.05) is 0 Å². The average molecular weight is 244 g/mol. The lowest BCUT2D eigenvalue weighted by atomic mass is 9.64. The second-order valence-corrected chi connectivity index (χ2v) is 7.19. The molecule has 0 amide bonds. The molecule has 0 aromatic heterocycles. The summed E-state index contributed by atoms with van der Waals surface area (Å²) in [4.78, 5) is 0. The molecular weight excluding hydrogens is 220 g/mol. The van der Waals surface area contributed by atoms with Crippen molar-refractivity contribution < 1.29 is 5.11 Å². The van der Waals surface area contributed by atoms with Gasteiger partial charge < -0.3 is 5.11 Å². The summed E-state index contributed by atoms with van der Waals surface area (Å²) in [6.07, 6.45) is 13.3. The first-order valence-electron chi connectivity index (χ1n) is 7.10. The SMILES string of the molecule is CC1(O)/C(=C/C2C=CC=C2)C2CCC1(C)C2(C)C. The van der Waals surface area contributed by atoms with Gasteiger partial charge in [-0.25, -0.2) is 0 Å². The molecule has 1 heteroatoms. The summed E-state index contributed by atoms with van der Waals surface area (Å²) >= 11 is 0. The molecule has 0 radical (unpaired) electrons. The Labute approximate surface area is 110 Å². The van der Waals surface area contributed by atoms with E-state index in [2.05, 4.69) is 51.2 Å². The van der Waals surface area contributed by atoms with Gasteiger partial charge in [0.15, 0.2) is 0 Å². The van der Waals surface area contributed by atoms with E-state index < -0.39 is 5.60 Å². The maximum absolute atomic E-state index is 11.1. The highest BCUT2D eigenvalue weighted by Crippen LogP contribution is 2.71. The van der Waals surface area contributed by atoms with Crippen molar-refractivity contribution in [3.63, 3.8) is 0 Å². The lowest BCUT2D eigenvalue weighted by Gasteiger charge is -2.43. The van der Waals surface area contributed by atoms with E-state index in [1.165, 1.54) is 12.0 Å². The van der Waals surface area contributed by atoms with Crippen LogP contribution in [0.4, 0.5) is 0 Å². The number of hydrogen-bond acceptors (Lipinski definition) is 1. The van der Waals surface area contributed by atoms with Gasteiger partial charge in [-0.1, -0.05) is 51.2 Å². The quantitative estimate of drug-likeness (QED) is 0.694. The highest BCUT2D eigenvalue weighted by atomic mass is 16.3. The Morgan fingerprint density at radius 2 is 1.78 bits per heavy atom. The zero-order chi connectivity index (χ0) is 13.2. The lowest BCUT2D eigenvalue weighted by Crippen LogP contribution is -2.45. The van der Waals surface area contributed by atoms with Crippen LogP contribution in [0, 0.1) is 22.7 Å². The third kappa shape index (κ3) is 1.21. The van der Waals surface area contributed by atoms with E-state index >= 15 is 0 Å². The van der Waals surface area contributed by atoms with Crippen molar-refractivity contribution in [1.29, 1.82) is 0 Å². The fraction of sp³-hybridized carbons (Fsp3) is 0.647. The Kier molecular flexibility index (Phi) is 2.30. The number of rotatable bonds is 1. The van der Waals surface area contributed by atoms with E-state index in [0.717, 1.165) is 6.42 Å². The zero-order valence-electron chi connectivity index (χ0n) is 11.9. The minimum Gasteiger partial charge on any atom is -0.385 e. The summed E-state index contributed by atoms with van der Waals surface area (Å²) in [5.41, 5.74) is 0.850.